The van der Waals surface area contributed by atoms with Gasteiger partial charge in [0.1, 0.15) is 18.8 Å². The molecule has 0 fully saturated rings. The van der Waals surface area contributed by atoms with E-state index in [1.54, 1.807) is 24.3 Å². The summed E-state index contributed by atoms with van der Waals surface area (Å²) < 4.78 is 2.05. The lowest BCUT2D eigenvalue weighted by Gasteiger charge is -2.10. The predicted molar refractivity (Wildman–Crippen MR) is 85.8 cm³/mol. The van der Waals surface area contributed by atoms with Crippen molar-refractivity contribution >= 4 is 28.8 Å². The van der Waals surface area contributed by atoms with Crippen molar-refractivity contribution in [2.45, 2.75) is 6.10 Å². The molecule has 9 heteroatoms. The fourth-order valence-electron chi connectivity index (χ4n) is 1.91. The van der Waals surface area contributed by atoms with E-state index < -0.39 is 6.10 Å². The lowest BCUT2D eigenvalue weighted by Crippen LogP contribution is -2.28. The first-order valence-corrected chi connectivity index (χ1v) is 7.85. The van der Waals surface area contributed by atoms with E-state index in [0.29, 0.717) is 20.6 Å². The summed E-state index contributed by atoms with van der Waals surface area (Å²) in [6.07, 6.45) is 3.60. The molecule has 23 heavy (non-hydrogen) atoms. The Morgan fingerprint density at radius 1 is 1.43 bits per heavy atom. The molecule has 0 saturated carbocycles. The van der Waals surface area contributed by atoms with Gasteiger partial charge in [0.2, 0.25) is 0 Å². The van der Waals surface area contributed by atoms with Crippen LogP contribution in [0.25, 0.3) is 5.82 Å². The number of hydrogen-bond acceptors (Lipinski definition) is 6. The number of carbonyl (C=O) groups is 1. The van der Waals surface area contributed by atoms with E-state index in [1.807, 2.05) is 0 Å². The van der Waals surface area contributed by atoms with Crippen molar-refractivity contribution in [3.63, 3.8) is 0 Å². The minimum absolute atomic E-state index is 0.0939. The first-order chi connectivity index (χ1) is 11.1. The molecule has 3 heterocycles. The standard InChI is InChI=1S/C14H12ClN5O2S/c15-12-2-1-11(23-12)10(21)6-18-14(22)9-3-4-17-13(5-9)20-8-16-7-19-20/h1-5,7-8,10,21H,6H2,(H,18,22)/t10-/m0/s1. The molecule has 0 saturated heterocycles. The molecule has 0 aromatic carbocycles. The normalized spacial score (nSPS) is 12.1. The van der Waals surface area contributed by atoms with Crippen LogP contribution in [0.5, 0.6) is 0 Å². The third-order valence-electron chi connectivity index (χ3n) is 3.04. The van der Waals surface area contributed by atoms with Crippen molar-refractivity contribution in [2.75, 3.05) is 6.54 Å². The topological polar surface area (TPSA) is 92.9 Å². The van der Waals surface area contributed by atoms with Crippen LogP contribution in [0.2, 0.25) is 4.34 Å². The van der Waals surface area contributed by atoms with E-state index in [2.05, 4.69) is 20.4 Å². The number of pyridine rings is 1. The molecular weight excluding hydrogens is 338 g/mol. The Hall–Kier alpha value is -2.29. The largest absolute Gasteiger partial charge is 0.386 e. The molecule has 7 nitrogen and oxygen atoms in total. The van der Waals surface area contributed by atoms with Crippen LogP contribution in [0, 0.1) is 0 Å². The van der Waals surface area contributed by atoms with Gasteiger partial charge in [0, 0.05) is 23.2 Å². The molecule has 0 spiro atoms. The summed E-state index contributed by atoms with van der Waals surface area (Å²) in [6, 6.07) is 6.63. The quantitative estimate of drug-likeness (QED) is 0.733. The van der Waals surface area contributed by atoms with Gasteiger partial charge >= 0.3 is 0 Å². The van der Waals surface area contributed by atoms with Crippen LogP contribution in [0.1, 0.15) is 21.3 Å². The monoisotopic (exact) mass is 349 g/mol. The van der Waals surface area contributed by atoms with Crippen molar-refractivity contribution in [3.8, 4) is 5.82 Å². The van der Waals surface area contributed by atoms with E-state index in [1.165, 1.54) is 34.9 Å². The highest BCUT2D eigenvalue weighted by molar-refractivity contribution is 7.16. The maximum absolute atomic E-state index is 12.2. The van der Waals surface area contributed by atoms with Crippen molar-refractivity contribution in [1.82, 2.24) is 25.1 Å². The van der Waals surface area contributed by atoms with Gasteiger partial charge in [-0.15, -0.1) is 11.3 Å². The zero-order chi connectivity index (χ0) is 16.2. The van der Waals surface area contributed by atoms with Gasteiger partial charge in [-0.2, -0.15) is 5.10 Å². The Balaban J connectivity index is 1.65. The fourth-order valence-corrected chi connectivity index (χ4v) is 2.96. The van der Waals surface area contributed by atoms with Crippen molar-refractivity contribution < 1.29 is 9.90 Å². The summed E-state index contributed by atoms with van der Waals surface area (Å²) >= 11 is 7.11. The Kier molecular flexibility index (Phi) is 4.65. The molecule has 3 aromatic heterocycles. The molecule has 0 aliphatic carbocycles. The number of rotatable bonds is 5. The maximum Gasteiger partial charge on any atom is 0.251 e. The zero-order valence-electron chi connectivity index (χ0n) is 11.8. The van der Waals surface area contributed by atoms with E-state index in [-0.39, 0.29) is 12.5 Å². The number of hydrogen-bond donors (Lipinski definition) is 2. The van der Waals surface area contributed by atoms with Gasteiger partial charge in [0.05, 0.1) is 4.34 Å². The van der Waals surface area contributed by atoms with Crippen LogP contribution >= 0.6 is 22.9 Å². The van der Waals surface area contributed by atoms with Gasteiger partial charge in [-0.3, -0.25) is 4.79 Å². The SMILES string of the molecule is O=C(NC[C@H](O)c1ccc(Cl)s1)c1ccnc(-n2cncn2)c1. The number of halogens is 1. The highest BCUT2D eigenvalue weighted by Gasteiger charge is 2.13. The average molecular weight is 350 g/mol. The summed E-state index contributed by atoms with van der Waals surface area (Å²) in [7, 11) is 0. The second kappa shape index (κ2) is 6.86. The number of carbonyl (C=O) groups excluding carboxylic acids is 1. The molecule has 3 aromatic rings. The van der Waals surface area contributed by atoms with E-state index in [0.717, 1.165) is 0 Å². The second-order valence-corrected chi connectivity index (χ2v) is 6.36. The molecule has 0 radical (unpaired) electrons. The highest BCUT2D eigenvalue weighted by Crippen LogP contribution is 2.26. The molecule has 0 bridgehead atoms. The Bertz CT molecular complexity index is 805. The first kappa shape index (κ1) is 15.6. The van der Waals surface area contributed by atoms with Gasteiger partial charge in [-0.25, -0.2) is 14.6 Å². The van der Waals surface area contributed by atoms with Gasteiger partial charge in [-0.1, -0.05) is 11.6 Å². The minimum Gasteiger partial charge on any atom is -0.386 e. The smallest absolute Gasteiger partial charge is 0.251 e. The molecule has 0 aliphatic heterocycles. The molecule has 3 rings (SSSR count). The Labute approximate surface area is 140 Å². The summed E-state index contributed by atoms with van der Waals surface area (Å²) in [6.45, 7) is 0.0939. The first-order valence-electron chi connectivity index (χ1n) is 6.66. The zero-order valence-corrected chi connectivity index (χ0v) is 13.3. The van der Waals surface area contributed by atoms with Gasteiger partial charge in [0.15, 0.2) is 5.82 Å². The number of nitrogens with zero attached hydrogens (tertiary/aromatic N) is 4. The maximum atomic E-state index is 12.2. The minimum atomic E-state index is -0.798. The lowest BCUT2D eigenvalue weighted by atomic mass is 10.2. The van der Waals surface area contributed by atoms with Crippen molar-refractivity contribution in [3.05, 3.63) is 57.9 Å². The van der Waals surface area contributed by atoms with Crippen molar-refractivity contribution in [2.24, 2.45) is 0 Å². The number of amides is 1. The summed E-state index contributed by atoms with van der Waals surface area (Å²) in [5.74, 6) is 0.177. The molecule has 1 atom stereocenters. The molecule has 118 valence electrons. The van der Waals surface area contributed by atoms with Crippen LogP contribution in [0.3, 0.4) is 0 Å². The number of aliphatic hydroxyl groups is 1. The molecule has 2 N–H and O–H groups in total. The fraction of sp³-hybridized carbons (Fsp3) is 0.143. The predicted octanol–water partition coefficient (Wildman–Crippen LogP) is 1.84. The summed E-state index contributed by atoms with van der Waals surface area (Å²) in [5, 5.41) is 16.7. The third-order valence-corrected chi connectivity index (χ3v) is 4.37. The molecule has 0 unspecified atom stereocenters. The van der Waals surface area contributed by atoms with Crippen LogP contribution < -0.4 is 5.32 Å². The van der Waals surface area contributed by atoms with Gasteiger partial charge in [0.25, 0.3) is 5.91 Å². The van der Waals surface area contributed by atoms with Gasteiger partial charge in [-0.05, 0) is 24.3 Å². The van der Waals surface area contributed by atoms with E-state index >= 15 is 0 Å². The molecule has 1 amide bonds. The Morgan fingerprint density at radius 2 is 2.30 bits per heavy atom. The van der Waals surface area contributed by atoms with Crippen molar-refractivity contribution in [1.29, 1.82) is 0 Å². The van der Waals surface area contributed by atoms with Crippen LogP contribution in [-0.4, -0.2) is 37.3 Å². The molecule has 0 aliphatic rings. The number of nitrogens with one attached hydrogen (secondary N) is 1. The lowest BCUT2D eigenvalue weighted by molar-refractivity contribution is 0.0918. The van der Waals surface area contributed by atoms with Crippen LogP contribution in [-0.2, 0) is 0 Å². The van der Waals surface area contributed by atoms with Crippen LogP contribution in [0.4, 0.5) is 0 Å². The summed E-state index contributed by atoms with van der Waals surface area (Å²) in [4.78, 5) is 20.9. The van der Waals surface area contributed by atoms with Gasteiger partial charge < -0.3 is 10.4 Å². The number of aromatic nitrogens is 4. The molecular formula is C14H12ClN5O2S. The average Bonchev–Trinajstić information content (AvgIpc) is 3.24. The second-order valence-electron chi connectivity index (χ2n) is 4.61. The van der Waals surface area contributed by atoms with Crippen LogP contribution in [0.15, 0.2) is 43.1 Å². The summed E-state index contributed by atoms with van der Waals surface area (Å²) in [5.41, 5.74) is 0.418. The highest BCUT2D eigenvalue weighted by atomic mass is 35.5. The Morgan fingerprint density at radius 3 is 3.00 bits per heavy atom. The number of aliphatic hydroxyl groups excluding tert-OH is 1. The third kappa shape index (κ3) is 3.73. The van der Waals surface area contributed by atoms with E-state index in [9.17, 15) is 9.90 Å². The number of thiophene rings is 1. The van der Waals surface area contributed by atoms with E-state index in [4.69, 9.17) is 11.6 Å².